The Balaban J connectivity index is 1.99. The van der Waals surface area contributed by atoms with Crippen molar-refractivity contribution in [3.8, 4) is 0 Å². The maximum Gasteiger partial charge on any atom is 0.0615 e. The number of aliphatic hydroxyl groups excluding tert-OH is 1. The Labute approximate surface area is 137 Å². The molecule has 0 unspecified atom stereocenters. The van der Waals surface area contributed by atoms with Gasteiger partial charge in [0.2, 0.25) is 0 Å². The number of hydrogen-bond acceptors (Lipinski definition) is 2. The molecule has 0 aromatic rings. The highest BCUT2D eigenvalue weighted by molar-refractivity contribution is 5.18. The first-order chi connectivity index (χ1) is 10.3. The molecule has 0 heterocycles. The Morgan fingerprint density at radius 3 is 2.73 bits per heavy atom. The van der Waals surface area contributed by atoms with E-state index in [4.69, 9.17) is 0 Å². The van der Waals surface area contributed by atoms with E-state index >= 15 is 0 Å². The first-order valence-electron chi connectivity index (χ1n) is 9.30. The zero-order valence-electron chi connectivity index (χ0n) is 15.1. The zero-order valence-corrected chi connectivity index (χ0v) is 15.1. The minimum absolute atomic E-state index is 0.202. The zero-order chi connectivity index (χ0) is 16.4. The lowest BCUT2D eigenvalue weighted by molar-refractivity contribution is 0.0596. The van der Waals surface area contributed by atoms with E-state index in [2.05, 4.69) is 19.9 Å². The largest absolute Gasteiger partial charge is 0.392 e. The van der Waals surface area contributed by atoms with Crippen LogP contribution < -0.4 is 0 Å². The minimum Gasteiger partial charge on any atom is -0.392 e. The van der Waals surface area contributed by atoms with Crippen molar-refractivity contribution in [3.05, 3.63) is 11.6 Å². The summed E-state index contributed by atoms with van der Waals surface area (Å²) in [4.78, 5) is 0. The molecule has 2 rings (SSSR count). The van der Waals surface area contributed by atoms with E-state index in [1.54, 1.807) is 0 Å². The van der Waals surface area contributed by atoms with Crippen molar-refractivity contribution in [2.75, 3.05) is 6.61 Å². The monoisotopic (exact) mass is 308 g/mol. The van der Waals surface area contributed by atoms with Crippen LogP contribution in [0.25, 0.3) is 0 Å². The third-order valence-electron chi connectivity index (χ3n) is 6.53. The van der Waals surface area contributed by atoms with E-state index < -0.39 is 5.60 Å². The Morgan fingerprint density at radius 2 is 2.09 bits per heavy atom. The van der Waals surface area contributed by atoms with Crippen LogP contribution in [0.2, 0.25) is 0 Å². The molecule has 22 heavy (non-hydrogen) atoms. The number of fused-ring (bicyclic) bond motifs is 1. The summed E-state index contributed by atoms with van der Waals surface area (Å²) in [6.45, 7) is 8.96. The van der Waals surface area contributed by atoms with Crippen LogP contribution >= 0.6 is 0 Å². The smallest absolute Gasteiger partial charge is 0.0615 e. The fourth-order valence-electron chi connectivity index (χ4n) is 5.43. The molecule has 0 aromatic carbocycles. The van der Waals surface area contributed by atoms with E-state index in [9.17, 15) is 10.2 Å². The molecule has 0 aliphatic heterocycles. The molecule has 0 amide bonds. The van der Waals surface area contributed by atoms with Crippen LogP contribution in [0.4, 0.5) is 0 Å². The fraction of sp³-hybridized carbons (Fsp3) is 0.900. The van der Waals surface area contributed by atoms with Crippen LogP contribution in [0.1, 0.15) is 79.1 Å². The van der Waals surface area contributed by atoms with Crippen molar-refractivity contribution in [1.82, 2.24) is 0 Å². The number of hydrogen-bond donors (Lipinski definition) is 2. The summed E-state index contributed by atoms with van der Waals surface area (Å²) in [7, 11) is 0. The van der Waals surface area contributed by atoms with Gasteiger partial charge in [0.05, 0.1) is 12.2 Å². The summed E-state index contributed by atoms with van der Waals surface area (Å²) in [6.07, 6.45) is 11.8. The third-order valence-corrected chi connectivity index (χ3v) is 6.53. The van der Waals surface area contributed by atoms with Gasteiger partial charge >= 0.3 is 0 Å². The average molecular weight is 309 g/mol. The van der Waals surface area contributed by atoms with E-state index in [0.717, 1.165) is 24.7 Å². The van der Waals surface area contributed by atoms with Crippen molar-refractivity contribution in [2.24, 2.45) is 23.2 Å². The maximum atomic E-state index is 9.90. The molecule has 0 saturated heterocycles. The summed E-state index contributed by atoms with van der Waals surface area (Å²) in [6, 6.07) is 0. The normalized spacial score (nSPS) is 35.6. The van der Waals surface area contributed by atoms with Gasteiger partial charge in [-0.05, 0) is 75.5 Å². The Morgan fingerprint density at radius 1 is 1.36 bits per heavy atom. The second-order valence-electron chi connectivity index (χ2n) is 8.74. The summed E-state index contributed by atoms with van der Waals surface area (Å²) < 4.78 is 0. The second-order valence-corrected chi connectivity index (χ2v) is 8.74. The lowest BCUT2D eigenvalue weighted by Gasteiger charge is -2.44. The van der Waals surface area contributed by atoms with Gasteiger partial charge in [-0.3, -0.25) is 0 Å². The minimum atomic E-state index is -0.524. The molecule has 0 bridgehead atoms. The van der Waals surface area contributed by atoms with E-state index in [0.29, 0.717) is 11.3 Å². The van der Waals surface area contributed by atoms with Gasteiger partial charge in [-0.25, -0.2) is 0 Å². The summed E-state index contributed by atoms with van der Waals surface area (Å²) in [5.41, 5.74) is 1.44. The van der Waals surface area contributed by atoms with Gasteiger partial charge < -0.3 is 10.2 Å². The number of rotatable bonds is 6. The van der Waals surface area contributed by atoms with Gasteiger partial charge in [0.15, 0.2) is 0 Å². The van der Waals surface area contributed by atoms with Gasteiger partial charge in [-0.1, -0.05) is 38.3 Å². The van der Waals surface area contributed by atoms with Crippen LogP contribution in [0.3, 0.4) is 0 Å². The molecule has 2 N–H and O–H groups in total. The first kappa shape index (κ1) is 18.0. The molecular weight excluding hydrogens is 272 g/mol. The standard InChI is InChI=1S/C20H36O2/c1-15(7-5-12-19(2,3)22)17-9-10-18-16(11-14-21)8-6-13-20(17,18)4/h11,15,17-18,21-22H,5-10,12-14H2,1-4H3/b16-11+/t15-,17-,18+,20-/m1/s1. The quantitative estimate of drug-likeness (QED) is 0.698. The van der Waals surface area contributed by atoms with Crippen molar-refractivity contribution >= 4 is 0 Å². The molecule has 4 atom stereocenters. The van der Waals surface area contributed by atoms with Gasteiger partial charge in [0.1, 0.15) is 0 Å². The van der Waals surface area contributed by atoms with Crippen molar-refractivity contribution in [2.45, 2.75) is 84.7 Å². The van der Waals surface area contributed by atoms with E-state index in [1.165, 1.54) is 44.1 Å². The molecular formula is C20H36O2. The lowest BCUT2D eigenvalue weighted by Crippen LogP contribution is -2.36. The second kappa shape index (κ2) is 7.05. The molecule has 2 fully saturated rings. The van der Waals surface area contributed by atoms with E-state index in [1.807, 2.05) is 13.8 Å². The molecule has 2 heteroatoms. The molecule has 2 aliphatic carbocycles. The predicted octanol–water partition coefficient (Wildman–Crippen LogP) is 4.70. The molecule has 2 saturated carbocycles. The number of allylic oxidation sites excluding steroid dienone is 1. The third kappa shape index (κ3) is 3.94. The fourth-order valence-corrected chi connectivity index (χ4v) is 5.43. The predicted molar refractivity (Wildman–Crippen MR) is 92.7 cm³/mol. The maximum absolute atomic E-state index is 9.90. The van der Waals surface area contributed by atoms with Crippen LogP contribution in [-0.4, -0.2) is 22.4 Å². The summed E-state index contributed by atoms with van der Waals surface area (Å²) in [5, 5.41) is 19.2. The highest BCUT2D eigenvalue weighted by Gasteiger charge is 2.50. The van der Waals surface area contributed by atoms with Crippen molar-refractivity contribution in [1.29, 1.82) is 0 Å². The SMILES string of the molecule is C[C@H](CCCC(C)(C)O)[C@H]1CC[C@H]2/C(=C/CO)CCC[C@]12C. The van der Waals surface area contributed by atoms with Crippen LogP contribution in [0.15, 0.2) is 11.6 Å². The molecule has 0 aromatic heterocycles. The molecule has 0 spiro atoms. The highest BCUT2D eigenvalue weighted by atomic mass is 16.3. The van der Waals surface area contributed by atoms with Gasteiger partial charge in [-0.15, -0.1) is 0 Å². The van der Waals surface area contributed by atoms with Crippen LogP contribution in [0, 0.1) is 23.2 Å². The summed E-state index contributed by atoms with van der Waals surface area (Å²) in [5.74, 6) is 2.25. The molecule has 0 radical (unpaired) electrons. The topological polar surface area (TPSA) is 40.5 Å². The summed E-state index contributed by atoms with van der Waals surface area (Å²) >= 11 is 0. The Hall–Kier alpha value is -0.340. The first-order valence-corrected chi connectivity index (χ1v) is 9.30. The Kier molecular flexibility index (Phi) is 5.77. The van der Waals surface area contributed by atoms with E-state index in [-0.39, 0.29) is 6.61 Å². The van der Waals surface area contributed by atoms with Gasteiger partial charge in [-0.2, -0.15) is 0 Å². The van der Waals surface area contributed by atoms with Crippen LogP contribution in [0.5, 0.6) is 0 Å². The average Bonchev–Trinajstić information content (AvgIpc) is 2.75. The van der Waals surface area contributed by atoms with Crippen LogP contribution in [-0.2, 0) is 0 Å². The number of aliphatic hydroxyl groups is 2. The lowest BCUT2D eigenvalue weighted by atomic mass is 9.60. The molecule has 2 aliphatic rings. The Bertz CT molecular complexity index is 393. The van der Waals surface area contributed by atoms with Crippen molar-refractivity contribution < 1.29 is 10.2 Å². The molecule has 2 nitrogen and oxygen atoms in total. The molecule has 128 valence electrons. The van der Waals surface area contributed by atoms with Crippen molar-refractivity contribution in [3.63, 3.8) is 0 Å². The van der Waals surface area contributed by atoms with Gasteiger partial charge in [0, 0.05) is 0 Å². The highest BCUT2D eigenvalue weighted by Crippen LogP contribution is 2.59. The van der Waals surface area contributed by atoms with Gasteiger partial charge in [0.25, 0.3) is 0 Å².